The molecule has 0 bridgehead atoms. The van der Waals surface area contributed by atoms with Crippen molar-refractivity contribution < 1.29 is 4.74 Å². The molecule has 0 heterocycles. The Morgan fingerprint density at radius 3 is 2.62 bits per heavy atom. The molecule has 0 saturated heterocycles. The van der Waals surface area contributed by atoms with E-state index in [9.17, 15) is 0 Å². The molecule has 2 aromatic carbocycles. The fraction of sp³-hybridized carbons (Fsp3) is 0. The van der Waals surface area contributed by atoms with Crippen LogP contribution < -0.4 is 16.0 Å². The SMILES string of the molecule is N=C(N=Cc1cccc(Oc2ccc(Cl)c(Cl)c2)c1)NN. The Kier molecular flexibility index (Phi) is 5.16. The van der Waals surface area contributed by atoms with Crippen LogP contribution in [0, 0.1) is 5.41 Å². The smallest absolute Gasteiger partial charge is 0.229 e. The van der Waals surface area contributed by atoms with Crippen LogP contribution in [0.5, 0.6) is 11.5 Å². The van der Waals surface area contributed by atoms with Crippen LogP contribution in [0.25, 0.3) is 0 Å². The maximum absolute atomic E-state index is 7.27. The molecule has 0 unspecified atom stereocenters. The second-order valence-corrected chi connectivity index (χ2v) is 4.82. The molecule has 7 heteroatoms. The molecule has 0 saturated carbocycles. The van der Waals surface area contributed by atoms with Crippen LogP contribution in [0.15, 0.2) is 47.5 Å². The fourth-order valence-corrected chi connectivity index (χ4v) is 1.80. The highest BCUT2D eigenvalue weighted by atomic mass is 35.5. The van der Waals surface area contributed by atoms with Gasteiger partial charge >= 0.3 is 0 Å². The fourth-order valence-electron chi connectivity index (χ4n) is 1.51. The minimum atomic E-state index is -0.134. The van der Waals surface area contributed by atoms with Crippen LogP contribution in [0.1, 0.15) is 5.56 Å². The molecule has 0 aliphatic rings. The van der Waals surface area contributed by atoms with Crippen molar-refractivity contribution in [1.29, 1.82) is 5.41 Å². The van der Waals surface area contributed by atoms with E-state index in [0.717, 1.165) is 5.56 Å². The van der Waals surface area contributed by atoms with Crippen LogP contribution in [-0.4, -0.2) is 12.2 Å². The number of rotatable bonds is 3. The number of aliphatic imine (C=N–C) groups is 1. The van der Waals surface area contributed by atoms with Crippen molar-refractivity contribution in [3.8, 4) is 11.5 Å². The van der Waals surface area contributed by atoms with Crippen molar-refractivity contribution in [2.24, 2.45) is 10.8 Å². The molecule has 0 radical (unpaired) electrons. The zero-order valence-corrected chi connectivity index (χ0v) is 12.3. The minimum absolute atomic E-state index is 0.134. The quantitative estimate of drug-likeness (QED) is 0.349. The highest BCUT2D eigenvalue weighted by Gasteiger charge is 2.02. The lowest BCUT2D eigenvalue weighted by Gasteiger charge is -2.07. The zero-order valence-electron chi connectivity index (χ0n) is 10.8. The molecule has 0 aliphatic heterocycles. The van der Waals surface area contributed by atoms with E-state index >= 15 is 0 Å². The molecule has 2 aromatic rings. The Labute approximate surface area is 131 Å². The molecule has 2 rings (SSSR count). The second-order valence-electron chi connectivity index (χ2n) is 4.00. The summed E-state index contributed by atoms with van der Waals surface area (Å²) >= 11 is 11.8. The molecular weight excluding hydrogens is 311 g/mol. The van der Waals surface area contributed by atoms with Crippen LogP contribution in [-0.2, 0) is 0 Å². The molecule has 5 nitrogen and oxygen atoms in total. The summed E-state index contributed by atoms with van der Waals surface area (Å²) in [5, 5.41) is 8.17. The number of hydrogen-bond acceptors (Lipinski definition) is 3. The van der Waals surface area contributed by atoms with Gasteiger partial charge in [0.2, 0.25) is 5.96 Å². The molecule has 108 valence electrons. The number of hydrazine groups is 1. The summed E-state index contributed by atoms with van der Waals surface area (Å²) in [5.41, 5.74) is 2.90. The highest BCUT2D eigenvalue weighted by molar-refractivity contribution is 6.42. The van der Waals surface area contributed by atoms with Gasteiger partial charge in [0, 0.05) is 12.3 Å². The van der Waals surface area contributed by atoms with Crippen molar-refractivity contribution >= 4 is 35.4 Å². The van der Waals surface area contributed by atoms with E-state index in [4.69, 9.17) is 39.2 Å². The summed E-state index contributed by atoms with van der Waals surface area (Å²) in [6.45, 7) is 0. The third-order valence-corrected chi connectivity index (χ3v) is 3.20. The first-order chi connectivity index (χ1) is 10.1. The first kappa shape index (κ1) is 15.3. The number of nitrogens with zero attached hydrogens (tertiary/aromatic N) is 1. The number of guanidine groups is 1. The Hall–Kier alpha value is -2.08. The van der Waals surface area contributed by atoms with Gasteiger partial charge in [-0.2, -0.15) is 0 Å². The standard InChI is InChI=1S/C14H12Cl2N4O/c15-12-5-4-11(7-13(12)16)21-10-3-1-2-9(6-10)8-19-14(17)20-18/h1-8H,18H2,(H2,17,20). The van der Waals surface area contributed by atoms with Crippen LogP contribution in [0.3, 0.4) is 0 Å². The van der Waals surface area contributed by atoms with Gasteiger partial charge in [-0.25, -0.2) is 10.8 Å². The number of hydrogen-bond donors (Lipinski definition) is 3. The number of nitrogens with one attached hydrogen (secondary N) is 2. The van der Waals surface area contributed by atoms with Gasteiger partial charge in [-0.15, -0.1) is 0 Å². The van der Waals surface area contributed by atoms with Gasteiger partial charge in [0.25, 0.3) is 0 Å². The summed E-state index contributed by atoms with van der Waals surface area (Å²) in [4.78, 5) is 3.81. The van der Waals surface area contributed by atoms with E-state index in [1.54, 1.807) is 30.3 Å². The van der Waals surface area contributed by atoms with Gasteiger partial charge in [-0.1, -0.05) is 35.3 Å². The van der Waals surface area contributed by atoms with E-state index < -0.39 is 0 Å². The van der Waals surface area contributed by atoms with Crippen molar-refractivity contribution in [3.05, 3.63) is 58.1 Å². The number of halogens is 2. The lowest BCUT2D eigenvalue weighted by molar-refractivity contribution is 0.482. The third kappa shape index (κ3) is 4.46. The van der Waals surface area contributed by atoms with E-state index in [1.807, 2.05) is 12.1 Å². The van der Waals surface area contributed by atoms with Gasteiger partial charge < -0.3 is 4.74 Å². The van der Waals surface area contributed by atoms with Crippen molar-refractivity contribution in [1.82, 2.24) is 5.43 Å². The molecule has 21 heavy (non-hydrogen) atoms. The van der Waals surface area contributed by atoms with Crippen molar-refractivity contribution in [2.45, 2.75) is 0 Å². The Morgan fingerprint density at radius 2 is 1.90 bits per heavy atom. The Balaban J connectivity index is 2.15. The first-order valence-corrected chi connectivity index (χ1v) is 6.66. The van der Waals surface area contributed by atoms with Gasteiger partial charge in [-0.05, 0) is 29.8 Å². The predicted molar refractivity (Wildman–Crippen MR) is 85.6 cm³/mol. The molecule has 0 amide bonds. The first-order valence-electron chi connectivity index (χ1n) is 5.90. The summed E-state index contributed by atoms with van der Waals surface area (Å²) in [7, 11) is 0. The van der Waals surface area contributed by atoms with Gasteiger partial charge in [0.1, 0.15) is 11.5 Å². The molecule has 0 atom stereocenters. The van der Waals surface area contributed by atoms with E-state index in [1.165, 1.54) is 6.21 Å². The van der Waals surface area contributed by atoms with Gasteiger partial charge in [0.15, 0.2) is 0 Å². The van der Waals surface area contributed by atoms with Crippen LogP contribution >= 0.6 is 23.2 Å². The molecule has 0 aliphatic carbocycles. The van der Waals surface area contributed by atoms with E-state index in [-0.39, 0.29) is 5.96 Å². The minimum Gasteiger partial charge on any atom is -0.457 e. The molecule has 0 fully saturated rings. The predicted octanol–water partition coefficient (Wildman–Crippen LogP) is 3.60. The monoisotopic (exact) mass is 322 g/mol. The van der Waals surface area contributed by atoms with Crippen LogP contribution in [0.4, 0.5) is 0 Å². The highest BCUT2D eigenvalue weighted by Crippen LogP contribution is 2.29. The lowest BCUT2D eigenvalue weighted by atomic mass is 10.2. The number of nitrogens with two attached hydrogens (primary N) is 1. The normalized spacial score (nSPS) is 10.6. The van der Waals surface area contributed by atoms with Gasteiger partial charge in [0.05, 0.1) is 10.0 Å². The van der Waals surface area contributed by atoms with Crippen molar-refractivity contribution in [3.63, 3.8) is 0 Å². The largest absolute Gasteiger partial charge is 0.457 e. The molecule has 0 aromatic heterocycles. The second kappa shape index (κ2) is 7.08. The average Bonchev–Trinajstić information content (AvgIpc) is 2.49. The summed E-state index contributed by atoms with van der Waals surface area (Å²) in [6, 6.07) is 12.2. The zero-order chi connectivity index (χ0) is 15.2. The Morgan fingerprint density at radius 1 is 1.14 bits per heavy atom. The lowest BCUT2D eigenvalue weighted by Crippen LogP contribution is -2.27. The molecule has 4 N–H and O–H groups in total. The Bertz CT molecular complexity index is 688. The number of ether oxygens (including phenoxy) is 1. The topological polar surface area (TPSA) is 83.5 Å². The summed E-state index contributed by atoms with van der Waals surface area (Å²) < 4.78 is 5.69. The van der Waals surface area contributed by atoms with E-state index in [0.29, 0.717) is 21.5 Å². The number of benzene rings is 2. The van der Waals surface area contributed by atoms with Crippen molar-refractivity contribution in [2.75, 3.05) is 0 Å². The van der Waals surface area contributed by atoms with E-state index in [2.05, 4.69) is 10.4 Å². The molecular formula is C14H12Cl2N4O. The maximum atomic E-state index is 7.27. The summed E-state index contributed by atoms with van der Waals surface area (Å²) in [5.74, 6) is 6.12. The summed E-state index contributed by atoms with van der Waals surface area (Å²) in [6.07, 6.45) is 1.50. The van der Waals surface area contributed by atoms with Crippen LogP contribution in [0.2, 0.25) is 10.0 Å². The molecule has 0 spiro atoms. The third-order valence-electron chi connectivity index (χ3n) is 2.46. The van der Waals surface area contributed by atoms with Gasteiger partial charge in [-0.3, -0.25) is 10.8 Å². The maximum Gasteiger partial charge on any atom is 0.229 e. The average molecular weight is 323 g/mol.